The van der Waals surface area contributed by atoms with Crippen LogP contribution in [0, 0.1) is 0 Å². The fraction of sp³-hybridized carbons (Fsp3) is 0.136. The Morgan fingerprint density at radius 3 is 2.46 bits per heavy atom. The first-order chi connectivity index (χ1) is 13.7. The van der Waals surface area contributed by atoms with Crippen LogP contribution in [0.4, 0.5) is 5.69 Å². The molecule has 0 atom stereocenters. The van der Waals surface area contributed by atoms with Crippen LogP contribution in [-0.4, -0.2) is 12.8 Å². The van der Waals surface area contributed by atoms with Gasteiger partial charge in [-0.15, -0.1) is 0 Å². The largest absolute Gasteiger partial charge is 0.490 e. The SMILES string of the molecule is CCOc1cc(/C=N/Nc2ccccc2)ccc1OCc1ccc(Cl)c(Cl)c1. The molecule has 0 saturated heterocycles. The Morgan fingerprint density at radius 1 is 0.893 bits per heavy atom. The average Bonchev–Trinajstić information content (AvgIpc) is 2.71. The number of benzene rings is 3. The Morgan fingerprint density at radius 2 is 1.71 bits per heavy atom. The molecule has 4 nitrogen and oxygen atoms in total. The third kappa shape index (κ3) is 5.65. The molecule has 0 saturated carbocycles. The van der Waals surface area contributed by atoms with E-state index in [2.05, 4.69) is 10.5 Å². The maximum atomic E-state index is 6.06. The molecular weight excluding hydrogens is 395 g/mol. The highest BCUT2D eigenvalue weighted by atomic mass is 35.5. The zero-order chi connectivity index (χ0) is 19.8. The van der Waals surface area contributed by atoms with E-state index in [9.17, 15) is 0 Å². The normalized spacial score (nSPS) is 10.8. The maximum absolute atomic E-state index is 6.06. The summed E-state index contributed by atoms with van der Waals surface area (Å²) in [6.45, 7) is 2.83. The minimum absolute atomic E-state index is 0.361. The van der Waals surface area contributed by atoms with Gasteiger partial charge in [0.1, 0.15) is 6.61 Å². The molecule has 1 N–H and O–H groups in total. The Balaban J connectivity index is 1.68. The van der Waals surface area contributed by atoms with E-state index in [1.165, 1.54) is 0 Å². The van der Waals surface area contributed by atoms with Crippen LogP contribution in [0.1, 0.15) is 18.1 Å². The molecule has 6 heteroatoms. The van der Waals surface area contributed by atoms with Crippen molar-refractivity contribution in [2.24, 2.45) is 5.10 Å². The molecule has 0 unspecified atom stereocenters. The van der Waals surface area contributed by atoms with Crippen LogP contribution in [0.3, 0.4) is 0 Å². The Kier molecular flexibility index (Phi) is 7.18. The molecule has 0 spiro atoms. The molecule has 0 amide bonds. The number of halogens is 2. The lowest BCUT2D eigenvalue weighted by Crippen LogP contribution is -2.01. The second kappa shape index (κ2) is 10.0. The summed E-state index contributed by atoms with van der Waals surface area (Å²) in [6.07, 6.45) is 1.73. The first-order valence-electron chi connectivity index (χ1n) is 8.83. The summed E-state index contributed by atoms with van der Waals surface area (Å²) in [5, 5.41) is 5.28. The minimum Gasteiger partial charge on any atom is -0.490 e. The molecule has 0 radical (unpaired) electrons. The highest BCUT2D eigenvalue weighted by Gasteiger charge is 2.07. The fourth-order valence-corrected chi connectivity index (χ4v) is 2.80. The van der Waals surface area contributed by atoms with E-state index in [4.69, 9.17) is 32.7 Å². The molecule has 0 aliphatic rings. The smallest absolute Gasteiger partial charge is 0.161 e. The Labute approximate surface area is 174 Å². The Bertz CT molecular complexity index is 947. The first kappa shape index (κ1) is 20.1. The molecule has 0 fully saturated rings. The van der Waals surface area contributed by atoms with Gasteiger partial charge in [-0.25, -0.2) is 0 Å². The second-order valence-electron chi connectivity index (χ2n) is 5.91. The van der Waals surface area contributed by atoms with Crippen molar-refractivity contribution in [3.05, 3.63) is 87.9 Å². The predicted octanol–water partition coefficient (Wildman–Crippen LogP) is 6.42. The van der Waals surface area contributed by atoms with Crippen molar-refractivity contribution in [2.75, 3.05) is 12.0 Å². The number of hydrogen-bond acceptors (Lipinski definition) is 4. The summed E-state index contributed by atoms with van der Waals surface area (Å²) in [7, 11) is 0. The van der Waals surface area contributed by atoms with Crippen LogP contribution in [0.15, 0.2) is 71.8 Å². The average molecular weight is 415 g/mol. The lowest BCUT2D eigenvalue weighted by atomic mass is 10.2. The summed E-state index contributed by atoms with van der Waals surface area (Å²) in [5.41, 5.74) is 5.73. The standard InChI is InChI=1S/C22H20Cl2N2O2/c1-2-27-22-13-16(14-25-26-18-6-4-3-5-7-18)9-11-21(22)28-15-17-8-10-19(23)20(24)12-17/h3-14,26H,2,15H2,1H3/b25-14+. The minimum atomic E-state index is 0.361. The quantitative estimate of drug-likeness (QED) is 0.341. The molecule has 3 aromatic carbocycles. The monoisotopic (exact) mass is 414 g/mol. The third-order valence-corrected chi connectivity index (χ3v) is 4.57. The van der Waals surface area contributed by atoms with Crippen molar-refractivity contribution in [1.82, 2.24) is 0 Å². The molecule has 0 aromatic heterocycles. The summed E-state index contributed by atoms with van der Waals surface area (Å²) < 4.78 is 11.6. The molecule has 0 aliphatic carbocycles. The van der Waals surface area contributed by atoms with Gasteiger partial charge in [0.25, 0.3) is 0 Å². The highest BCUT2D eigenvalue weighted by Crippen LogP contribution is 2.30. The topological polar surface area (TPSA) is 42.8 Å². The van der Waals surface area contributed by atoms with Crippen LogP contribution >= 0.6 is 23.2 Å². The number of nitrogens with zero attached hydrogens (tertiary/aromatic N) is 1. The molecule has 28 heavy (non-hydrogen) atoms. The summed E-state index contributed by atoms with van der Waals surface area (Å²) >= 11 is 12.0. The van der Waals surface area contributed by atoms with Crippen molar-refractivity contribution in [3.8, 4) is 11.5 Å². The summed E-state index contributed by atoms with van der Waals surface area (Å²) in [5.74, 6) is 1.31. The molecule has 144 valence electrons. The molecule has 0 heterocycles. The summed E-state index contributed by atoms with van der Waals surface area (Å²) in [4.78, 5) is 0. The number of hydrogen-bond donors (Lipinski definition) is 1. The van der Waals surface area contributed by atoms with E-state index in [0.717, 1.165) is 16.8 Å². The van der Waals surface area contributed by atoms with Gasteiger partial charge in [-0.05, 0) is 60.5 Å². The summed E-state index contributed by atoms with van der Waals surface area (Å²) in [6, 6.07) is 20.9. The fourth-order valence-electron chi connectivity index (χ4n) is 2.48. The van der Waals surface area contributed by atoms with Crippen molar-refractivity contribution in [2.45, 2.75) is 13.5 Å². The van der Waals surface area contributed by atoms with Gasteiger partial charge in [0.2, 0.25) is 0 Å². The Hall–Kier alpha value is -2.69. The van der Waals surface area contributed by atoms with E-state index >= 15 is 0 Å². The number of rotatable bonds is 8. The van der Waals surface area contributed by atoms with Crippen LogP contribution in [0.2, 0.25) is 10.0 Å². The lowest BCUT2D eigenvalue weighted by molar-refractivity contribution is 0.269. The number of ether oxygens (including phenoxy) is 2. The predicted molar refractivity (Wildman–Crippen MR) is 116 cm³/mol. The van der Waals surface area contributed by atoms with Gasteiger partial charge in [0.15, 0.2) is 11.5 Å². The van der Waals surface area contributed by atoms with E-state index in [1.807, 2.05) is 61.5 Å². The number of anilines is 1. The van der Waals surface area contributed by atoms with Crippen molar-refractivity contribution in [3.63, 3.8) is 0 Å². The highest BCUT2D eigenvalue weighted by molar-refractivity contribution is 6.42. The van der Waals surface area contributed by atoms with Crippen LogP contribution in [0.25, 0.3) is 0 Å². The van der Waals surface area contributed by atoms with Crippen molar-refractivity contribution >= 4 is 35.1 Å². The van der Waals surface area contributed by atoms with E-state index in [0.29, 0.717) is 34.8 Å². The number of nitrogens with one attached hydrogen (secondary N) is 1. The molecule has 3 rings (SSSR count). The molecular formula is C22H20Cl2N2O2. The number of hydrazone groups is 1. The maximum Gasteiger partial charge on any atom is 0.161 e. The van der Waals surface area contributed by atoms with Gasteiger partial charge in [0, 0.05) is 0 Å². The van der Waals surface area contributed by atoms with Crippen LogP contribution in [0.5, 0.6) is 11.5 Å². The van der Waals surface area contributed by atoms with Crippen molar-refractivity contribution < 1.29 is 9.47 Å². The second-order valence-corrected chi connectivity index (χ2v) is 6.73. The van der Waals surface area contributed by atoms with Gasteiger partial charge in [-0.2, -0.15) is 5.10 Å². The zero-order valence-electron chi connectivity index (χ0n) is 15.4. The lowest BCUT2D eigenvalue weighted by Gasteiger charge is -2.13. The first-order valence-corrected chi connectivity index (χ1v) is 9.59. The van der Waals surface area contributed by atoms with E-state index < -0.39 is 0 Å². The van der Waals surface area contributed by atoms with Gasteiger partial charge in [-0.1, -0.05) is 47.5 Å². The van der Waals surface area contributed by atoms with Crippen LogP contribution in [-0.2, 0) is 6.61 Å². The molecule has 0 bridgehead atoms. The number of para-hydroxylation sites is 1. The zero-order valence-corrected chi connectivity index (χ0v) is 16.9. The van der Waals surface area contributed by atoms with Gasteiger partial charge in [0.05, 0.1) is 28.6 Å². The van der Waals surface area contributed by atoms with Gasteiger partial charge < -0.3 is 9.47 Å². The molecule has 3 aromatic rings. The third-order valence-electron chi connectivity index (χ3n) is 3.83. The van der Waals surface area contributed by atoms with E-state index in [1.54, 1.807) is 18.3 Å². The van der Waals surface area contributed by atoms with Gasteiger partial charge >= 0.3 is 0 Å². The van der Waals surface area contributed by atoms with Crippen LogP contribution < -0.4 is 14.9 Å². The van der Waals surface area contributed by atoms with Gasteiger partial charge in [-0.3, -0.25) is 5.43 Å². The van der Waals surface area contributed by atoms with E-state index in [-0.39, 0.29) is 0 Å². The molecule has 0 aliphatic heterocycles. The van der Waals surface area contributed by atoms with Crippen molar-refractivity contribution in [1.29, 1.82) is 0 Å².